The van der Waals surface area contributed by atoms with Gasteiger partial charge in [0.25, 0.3) is 0 Å². The van der Waals surface area contributed by atoms with Gasteiger partial charge in [-0.15, -0.1) is 20.4 Å². The van der Waals surface area contributed by atoms with E-state index in [0.29, 0.717) is 23.4 Å². The van der Waals surface area contributed by atoms with Crippen LogP contribution in [-0.4, -0.2) is 40.4 Å². The van der Waals surface area contributed by atoms with Crippen LogP contribution in [0.3, 0.4) is 0 Å². The van der Waals surface area contributed by atoms with Crippen molar-refractivity contribution in [3.05, 3.63) is 71.3 Å². The molecule has 5 rings (SSSR count). The monoisotopic (exact) mass is 446 g/mol. The van der Waals surface area contributed by atoms with Crippen LogP contribution in [0.2, 0.25) is 0 Å². The average Bonchev–Trinajstić information content (AvgIpc) is 3.53. The van der Waals surface area contributed by atoms with Gasteiger partial charge in [-0.3, -0.25) is 0 Å². The van der Waals surface area contributed by atoms with Crippen molar-refractivity contribution < 1.29 is 0 Å². The minimum atomic E-state index is 0.0456. The van der Waals surface area contributed by atoms with E-state index in [1.54, 1.807) is 0 Å². The topological polar surface area (TPSA) is 146 Å². The summed E-state index contributed by atoms with van der Waals surface area (Å²) in [4.78, 5) is 4.70. The molecule has 3 heterocycles. The summed E-state index contributed by atoms with van der Waals surface area (Å²) >= 11 is 0. The van der Waals surface area contributed by atoms with Gasteiger partial charge in [0.1, 0.15) is 29.0 Å². The van der Waals surface area contributed by atoms with Gasteiger partial charge in [-0.1, -0.05) is 62.4 Å². The van der Waals surface area contributed by atoms with E-state index in [0.717, 1.165) is 28.1 Å². The Morgan fingerprint density at radius 3 is 2.24 bits per heavy atom. The van der Waals surface area contributed by atoms with Crippen molar-refractivity contribution >= 4 is 11.0 Å². The number of nitriles is 2. The van der Waals surface area contributed by atoms with E-state index in [2.05, 4.69) is 36.9 Å². The molecule has 0 aliphatic carbocycles. The molecule has 0 amide bonds. The molecule has 164 valence electrons. The summed E-state index contributed by atoms with van der Waals surface area (Å²) in [6, 6.07) is 20.0. The Morgan fingerprint density at radius 2 is 1.56 bits per heavy atom. The summed E-state index contributed by atoms with van der Waals surface area (Å²) in [6.45, 7) is 4.47. The van der Waals surface area contributed by atoms with Crippen LogP contribution in [0.1, 0.15) is 42.5 Å². The molecule has 2 aromatic carbocycles. The highest BCUT2D eigenvalue weighted by atomic mass is 15.5. The zero-order valence-electron chi connectivity index (χ0n) is 18.4. The molecule has 0 bridgehead atoms. The molecule has 0 fully saturated rings. The van der Waals surface area contributed by atoms with Crippen LogP contribution in [0.25, 0.3) is 33.5 Å². The van der Waals surface area contributed by atoms with Crippen molar-refractivity contribution in [3.63, 3.8) is 0 Å². The molecular formula is C24H18N10. The van der Waals surface area contributed by atoms with Crippen molar-refractivity contribution in [3.8, 4) is 34.7 Å². The van der Waals surface area contributed by atoms with Crippen molar-refractivity contribution in [2.45, 2.75) is 26.3 Å². The Morgan fingerprint density at radius 1 is 0.882 bits per heavy atom. The number of hydrogen-bond donors (Lipinski definition) is 1. The number of benzene rings is 2. The van der Waals surface area contributed by atoms with Gasteiger partial charge in [-0.2, -0.15) is 15.7 Å². The summed E-state index contributed by atoms with van der Waals surface area (Å²) in [5, 5.41) is 41.6. The van der Waals surface area contributed by atoms with Crippen LogP contribution in [-0.2, 0) is 6.54 Å². The highest BCUT2D eigenvalue weighted by Crippen LogP contribution is 2.34. The molecule has 0 unspecified atom stereocenters. The minimum Gasteiger partial charge on any atom is -0.321 e. The van der Waals surface area contributed by atoms with Gasteiger partial charge in [-0.25, -0.2) is 4.98 Å². The predicted molar refractivity (Wildman–Crippen MR) is 123 cm³/mol. The highest BCUT2D eigenvalue weighted by Gasteiger charge is 2.22. The molecule has 0 atom stereocenters. The van der Waals surface area contributed by atoms with Gasteiger partial charge in [0.15, 0.2) is 11.4 Å². The van der Waals surface area contributed by atoms with E-state index in [1.165, 1.54) is 0 Å². The quantitative estimate of drug-likeness (QED) is 0.431. The maximum Gasteiger partial charge on any atom is 0.205 e. The second-order valence-corrected chi connectivity index (χ2v) is 7.97. The molecule has 0 saturated carbocycles. The summed E-state index contributed by atoms with van der Waals surface area (Å²) in [5.74, 6) is 1.30. The van der Waals surface area contributed by atoms with Crippen LogP contribution in [0.5, 0.6) is 0 Å². The van der Waals surface area contributed by atoms with Gasteiger partial charge >= 0.3 is 0 Å². The second-order valence-electron chi connectivity index (χ2n) is 7.97. The number of imidazole rings is 1. The van der Waals surface area contributed by atoms with Crippen LogP contribution in [0.15, 0.2) is 48.5 Å². The SMILES string of the molecule is CC(C)c1nc2c(C#N)nnc(C#N)c2n1Cc1ccccc1-c1ccccc1-c1nn[nH]n1. The summed E-state index contributed by atoms with van der Waals surface area (Å²) in [5.41, 5.74) is 4.93. The molecule has 10 nitrogen and oxygen atoms in total. The normalized spacial score (nSPS) is 11.0. The Bertz CT molecular complexity index is 1580. The average molecular weight is 446 g/mol. The standard InChI is InChI=1S/C24H18N10/c1-14(2)24-27-21-19(11-25)28-29-20(12-26)22(21)34(24)13-15-7-3-4-8-16(15)17-9-5-6-10-18(17)23-30-32-33-31-23/h3-10,14H,13H2,1-2H3,(H,30,31,32,33). The number of rotatable bonds is 5. The molecule has 1 N–H and O–H groups in total. The summed E-state index contributed by atoms with van der Waals surface area (Å²) < 4.78 is 1.96. The maximum absolute atomic E-state index is 9.71. The molecule has 0 spiro atoms. The molecule has 0 saturated heterocycles. The number of aromatic nitrogens is 8. The van der Waals surface area contributed by atoms with E-state index in [1.807, 2.05) is 73.0 Å². The molecule has 0 aliphatic rings. The van der Waals surface area contributed by atoms with Gasteiger partial charge in [0.05, 0.1) is 6.54 Å². The lowest BCUT2D eigenvalue weighted by atomic mass is 9.95. The summed E-state index contributed by atoms with van der Waals surface area (Å²) in [7, 11) is 0. The molecule has 34 heavy (non-hydrogen) atoms. The number of H-pyrrole nitrogens is 1. The number of tetrazole rings is 1. The van der Waals surface area contributed by atoms with Crippen LogP contribution in [0, 0.1) is 22.7 Å². The largest absolute Gasteiger partial charge is 0.321 e. The van der Waals surface area contributed by atoms with Gasteiger partial charge in [0, 0.05) is 11.5 Å². The van der Waals surface area contributed by atoms with Crippen molar-refractivity contribution in [1.82, 2.24) is 40.4 Å². The van der Waals surface area contributed by atoms with E-state index < -0.39 is 0 Å². The van der Waals surface area contributed by atoms with Crippen LogP contribution < -0.4 is 0 Å². The van der Waals surface area contributed by atoms with Gasteiger partial charge in [-0.05, 0) is 21.9 Å². The van der Waals surface area contributed by atoms with E-state index in [4.69, 9.17) is 4.98 Å². The lowest BCUT2D eigenvalue weighted by Crippen LogP contribution is -2.09. The summed E-state index contributed by atoms with van der Waals surface area (Å²) in [6.07, 6.45) is 0. The lowest BCUT2D eigenvalue weighted by Gasteiger charge is -2.16. The number of nitrogens with zero attached hydrogens (tertiary/aromatic N) is 9. The Hall–Kier alpha value is -4.96. The first-order chi connectivity index (χ1) is 16.6. The first-order valence-corrected chi connectivity index (χ1v) is 10.6. The van der Waals surface area contributed by atoms with Crippen LogP contribution >= 0.6 is 0 Å². The molecule has 0 radical (unpaired) electrons. The second kappa shape index (κ2) is 8.52. The van der Waals surface area contributed by atoms with Crippen LogP contribution in [0.4, 0.5) is 0 Å². The zero-order valence-corrected chi connectivity index (χ0v) is 18.4. The van der Waals surface area contributed by atoms with E-state index in [9.17, 15) is 10.5 Å². The highest BCUT2D eigenvalue weighted by molar-refractivity contribution is 5.85. The molecule has 10 heteroatoms. The fraction of sp³-hybridized carbons (Fsp3) is 0.167. The number of aromatic amines is 1. The van der Waals surface area contributed by atoms with Crippen molar-refractivity contribution in [2.24, 2.45) is 0 Å². The smallest absolute Gasteiger partial charge is 0.205 e. The third kappa shape index (κ3) is 3.44. The lowest BCUT2D eigenvalue weighted by molar-refractivity contribution is 0.683. The molecule has 5 aromatic rings. The number of hydrogen-bond acceptors (Lipinski definition) is 8. The number of fused-ring (bicyclic) bond motifs is 1. The fourth-order valence-electron chi connectivity index (χ4n) is 4.10. The molecular weight excluding hydrogens is 428 g/mol. The first kappa shape index (κ1) is 20.9. The Kier molecular flexibility index (Phi) is 5.24. The van der Waals surface area contributed by atoms with E-state index >= 15 is 0 Å². The van der Waals surface area contributed by atoms with E-state index in [-0.39, 0.29) is 17.3 Å². The predicted octanol–water partition coefficient (Wildman–Crippen LogP) is 3.59. The van der Waals surface area contributed by atoms with Crippen molar-refractivity contribution in [1.29, 1.82) is 10.5 Å². The van der Waals surface area contributed by atoms with Crippen molar-refractivity contribution in [2.75, 3.05) is 0 Å². The number of nitrogens with one attached hydrogen (secondary N) is 1. The van der Waals surface area contributed by atoms with Gasteiger partial charge < -0.3 is 4.57 Å². The maximum atomic E-state index is 9.71. The third-order valence-electron chi connectivity index (χ3n) is 5.57. The first-order valence-electron chi connectivity index (χ1n) is 10.6. The molecule has 0 aliphatic heterocycles. The fourth-order valence-corrected chi connectivity index (χ4v) is 4.10. The zero-order chi connectivity index (χ0) is 23.7. The van der Waals surface area contributed by atoms with Gasteiger partial charge in [0.2, 0.25) is 5.82 Å². The Labute approximate surface area is 194 Å². The third-order valence-corrected chi connectivity index (χ3v) is 5.57. The molecule has 3 aromatic heterocycles. The minimum absolute atomic E-state index is 0.0456. The Balaban J connectivity index is 1.73.